The second kappa shape index (κ2) is 8.07. The third-order valence-electron chi connectivity index (χ3n) is 5.53. The lowest BCUT2D eigenvalue weighted by Crippen LogP contribution is -2.32. The molecule has 0 saturated carbocycles. The normalized spacial score (nSPS) is 14.8. The van der Waals surface area contributed by atoms with E-state index in [2.05, 4.69) is 22.2 Å². The molecule has 1 aromatic heterocycles. The largest absolute Gasteiger partial charge is 0.372 e. The molecule has 1 N–H and O–H groups in total. The molecule has 0 aliphatic carbocycles. The lowest BCUT2D eigenvalue weighted by molar-refractivity contribution is 0.102. The molecule has 1 amide bonds. The van der Waals surface area contributed by atoms with Crippen molar-refractivity contribution >= 4 is 17.3 Å². The zero-order valence-corrected chi connectivity index (χ0v) is 16.7. The van der Waals surface area contributed by atoms with Gasteiger partial charge in [-0.3, -0.25) is 9.48 Å². The number of hydrogen-bond acceptors (Lipinski definition) is 3. The van der Waals surface area contributed by atoms with Crippen LogP contribution in [-0.4, -0.2) is 28.8 Å². The summed E-state index contributed by atoms with van der Waals surface area (Å²) in [5.41, 5.74) is 3.80. The van der Waals surface area contributed by atoms with Crippen LogP contribution in [0.3, 0.4) is 0 Å². The number of carbonyl (C=O) groups excluding carboxylic acids is 1. The first kappa shape index (κ1) is 19.2. The number of rotatable bonds is 4. The van der Waals surface area contributed by atoms with Gasteiger partial charge in [-0.25, -0.2) is 4.39 Å². The molecular weight excluding hydrogens is 367 g/mol. The molecule has 3 aromatic rings. The van der Waals surface area contributed by atoms with Crippen molar-refractivity contribution in [1.29, 1.82) is 0 Å². The molecule has 0 atom stereocenters. The Hall–Kier alpha value is -3.15. The molecule has 2 aromatic carbocycles. The fraction of sp³-hybridized carbons (Fsp3) is 0.304. The summed E-state index contributed by atoms with van der Waals surface area (Å²) in [4.78, 5) is 15.0. The molecule has 1 saturated heterocycles. The Morgan fingerprint density at radius 3 is 2.38 bits per heavy atom. The van der Waals surface area contributed by atoms with Crippen LogP contribution in [0.15, 0.2) is 54.6 Å². The molecule has 2 heterocycles. The first-order valence-electron chi connectivity index (χ1n) is 9.96. The summed E-state index contributed by atoms with van der Waals surface area (Å²) in [6.07, 6.45) is 2.43. The van der Waals surface area contributed by atoms with Crippen molar-refractivity contribution in [1.82, 2.24) is 9.78 Å². The van der Waals surface area contributed by atoms with E-state index in [1.165, 1.54) is 30.7 Å². The number of aryl methyl sites for hydroxylation is 1. The van der Waals surface area contributed by atoms with Gasteiger partial charge in [0.2, 0.25) is 0 Å². The van der Waals surface area contributed by atoms with Gasteiger partial charge in [-0.05, 0) is 78.9 Å². The Balaban J connectivity index is 1.44. The van der Waals surface area contributed by atoms with E-state index < -0.39 is 0 Å². The molecule has 0 spiro atoms. The molecule has 150 valence electrons. The van der Waals surface area contributed by atoms with E-state index in [4.69, 9.17) is 0 Å². The van der Waals surface area contributed by atoms with Crippen molar-refractivity contribution in [2.75, 3.05) is 23.3 Å². The van der Waals surface area contributed by atoms with Crippen LogP contribution in [0.2, 0.25) is 0 Å². The molecule has 29 heavy (non-hydrogen) atoms. The summed E-state index contributed by atoms with van der Waals surface area (Å²) in [6.45, 7) is 4.45. The Kier molecular flexibility index (Phi) is 5.34. The highest BCUT2D eigenvalue weighted by molar-refractivity contribution is 6.03. The van der Waals surface area contributed by atoms with Gasteiger partial charge in [-0.2, -0.15) is 5.10 Å². The van der Waals surface area contributed by atoms with Gasteiger partial charge in [0, 0.05) is 31.5 Å². The van der Waals surface area contributed by atoms with Gasteiger partial charge in [0.15, 0.2) is 5.69 Å². The van der Waals surface area contributed by atoms with Gasteiger partial charge >= 0.3 is 0 Å². The van der Waals surface area contributed by atoms with Crippen LogP contribution < -0.4 is 10.2 Å². The average molecular weight is 392 g/mol. The maximum atomic E-state index is 13.2. The lowest BCUT2D eigenvalue weighted by atomic mass is 9.99. The molecule has 6 heteroatoms. The van der Waals surface area contributed by atoms with Gasteiger partial charge in [0.05, 0.1) is 5.69 Å². The van der Waals surface area contributed by atoms with Gasteiger partial charge in [0.25, 0.3) is 5.91 Å². The van der Waals surface area contributed by atoms with Gasteiger partial charge in [-0.15, -0.1) is 0 Å². The monoisotopic (exact) mass is 392 g/mol. The predicted molar refractivity (Wildman–Crippen MR) is 114 cm³/mol. The number of halogens is 1. The van der Waals surface area contributed by atoms with Crippen molar-refractivity contribution in [3.8, 4) is 11.3 Å². The number of piperidine rings is 1. The molecule has 1 aliphatic rings. The van der Waals surface area contributed by atoms with E-state index in [9.17, 15) is 9.18 Å². The van der Waals surface area contributed by atoms with Crippen molar-refractivity contribution in [2.24, 2.45) is 13.0 Å². The zero-order chi connectivity index (χ0) is 20.4. The lowest BCUT2D eigenvalue weighted by Gasteiger charge is -2.32. The average Bonchev–Trinajstić information content (AvgIpc) is 3.12. The second-order valence-electron chi connectivity index (χ2n) is 7.72. The Bertz CT molecular complexity index is 987. The van der Waals surface area contributed by atoms with Crippen molar-refractivity contribution < 1.29 is 9.18 Å². The van der Waals surface area contributed by atoms with Crippen LogP contribution in [0.5, 0.6) is 0 Å². The highest BCUT2D eigenvalue weighted by atomic mass is 19.1. The van der Waals surface area contributed by atoms with Crippen LogP contribution in [0.1, 0.15) is 30.3 Å². The molecule has 5 nitrogen and oxygen atoms in total. The number of aromatic nitrogens is 2. The highest BCUT2D eigenvalue weighted by Crippen LogP contribution is 2.25. The number of carbonyl (C=O) groups is 1. The summed E-state index contributed by atoms with van der Waals surface area (Å²) in [5.74, 6) is 0.230. The first-order valence-corrected chi connectivity index (χ1v) is 9.96. The van der Waals surface area contributed by atoms with Crippen LogP contribution in [0.25, 0.3) is 11.3 Å². The smallest absolute Gasteiger partial charge is 0.276 e. The van der Waals surface area contributed by atoms with E-state index in [0.717, 1.165) is 36.0 Å². The fourth-order valence-electron chi connectivity index (χ4n) is 3.69. The van der Waals surface area contributed by atoms with E-state index in [0.29, 0.717) is 5.69 Å². The summed E-state index contributed by atoms with van der Waals surface area (Å²) >= 11 is 0. The summed E-state index contributed by atoms with van der Waals surface area (Å²) in [5, 5.41) is 7.21. The standard InChI is InChI=1S/C23H25FN4O/c1-16-11-13-28(14-12-16)20-9-7-19(8-10-20)25-23(29)21-15-22(27(2)26-21)17-3-5-18(24)6-4-17/h3-10,15-16H,11-14H2,1-2H3,(H,25,29). The third-order valence-corrected chi connectivity index (χ3v) is 5.53. The quantitative estimate of drug-likeness (QED) is 0.699. The van der Waals surface area contributed by atoms with Crippen LogP contribution >= 0.6 is 0 Å². The number of nitrogens with one attached hydrogen (secondary N) is 1. The molecule has 0 bridgehead atoms. The number of benzene rings is 2. The molecule has 0 unspecified atom stereocenters. The van der Waals surface area contributed by atoms with Crippen molar-refractivity contribution in [2.45, 2.75) is 19.8 Å². The number of nitrogens with zero attached hydrogens (tertiary/aromatic N) is 3. The van der Waals surface area contributed by atoms with Crippen LogP contribution in [-0.2, 0) is 7.05 Å². The summed E-state index contributed by atoms with van der Waals surface area (Å²) in [7, 11) is 1.77. The maximum Gasteiger partial charge on any atom is 0.276 e. The van der Waals surface area contributed by atoms with Crippen LogP contribution in [0.4, 0.5) is 15.8 Å². The second-order valence-corrected chi connectivity index (χ2v) is 7.72. The molecule has 4 rings (SSSR count). The SMILES string of the molecule is CC1CCN(c2ccc(NC(=O)c3cc(-c4ccc(F)cc4)n(C)n3)cc2)CC1. The van der Waals surface area contributed by atoms with Crippen molar-refractivity contribution in [3.05, 3.63) is 66.1 Å². The number of hydrogen-bond donors (Lipinski definition) is 1. The molecule has 1 aliphatic heterocycles. The minimum atomic E-state index is -0.295. The van der Waals surface area contributed by atoms with E-state index in [-0.39, 0.29) is 11.7 Å². The van der Waals surface area contributed by atoms with Gasteiger partial charge in [-0.1, -0.05) is 6.92 Å². The Morgan fingerprint density at radius 2 is 1.72 bits per heavy atom. The topological polar surface area (TPSA) is 50.2 Å². The number of amides is 1. The van der Waals surface area contributed by atoms with E-state index >= 15 is 0 Å². The fourth-order valence-corrected chi connectivity index (χ4v) is 3.69. The number of anilines is 2. The van der Waals surface area contributed by atoms with Crippen molar-refractivity contribution in [3.63, 3.8) is 0 Å². The molecule has 1 fully saturated rings. The molecule has 0 radical (unpaired) electrons. The first-order chi connectivity index (χ1) is 14.0. The summed E-state index contributed by atoms with van der Waals surface area (Å²) < 4.78 is 14.8. The Morgan fingerprint density at radius 1 is 1.07 bits per heavy atom. The van der Waals surface area contributed by atoms with E-state index in [1.54, 1.807) is 29.9 Å². The third kappa shape index (κ3) is 4.31. The van der Waals surface area contributed by atoms with Gasteiger partial charge < -0.3 is 10.2 Å². The minimum Gasteiger partial charge on any atom is -0.372 e. The Labute approximate surface area is 170 Å². The van der Waals surface area contributed by atoms with E-state index in [1.807, 2.05) is 24.3 Å². The zero-order valence-electron chi connectivity index (χ0n) is 16.7. The van der Waals surface area contributed by atoms with Crippen LogP contribution in [0, 0.1) is 11.7 Å². The van der Waals surface area contributed by atoms with Gasteiger partial charge in [0.1, 0.15) is 5.82 Å². The maximum absolute atomic E-state index is 13.2. The predicted octanol–water partition coefficient (Wildman–Crippen LogP) is 4.71. The minimum absolute atomic E-state index is 0.270. The molecular formula is C23H25FN4O. The summed E-state index contributed by atoms with van der Waals surface area (Å²) in [6, 6.07) is 15.8. The highest BCUT2D eigenvalue weighted by Gasteiger charge is 2.17.